The Kier molecular flexibility index (Phi) is 2.66. The van der Waals surface area contributed by atoms with Gasteiger partial charge in [-0.15, -0.1) is 11.3 Å². The van der Waals surface area contributed by atoms with Gasteiger partial charge in [0.25, 0.3) is 5.56 Å². The highest BCUT2D eigenvalue weighted by molar-refractivity contribution is 7.18. The summed E-state index contributed by atoms with van der Waals surface area (Å²) in [5.41, 5.74) is 1.71. The minimum atomic E-state index is -0.0626. The second-order valence-electron chi connectivity index (χ2n) is 5.01. The molecule has 3 aromatic heterocycles. The SMILES string of the molecule is O=c1[nH]c(-c2cn[nH]n2)nc2sc3c(c12)CCCCC3. The number of thiophene rings is 1. The Hall–Kier alpha value is -2.02. The van der Waals surface area contributed by atoms with Gasteiger partial charge in [-0.3, -0.25) is 4.79 Å². The molecule has 0 bridgehead atoms. The number of fused-ring (bicyclic) bond motifs is 3. The number of aromatic amines is 2. The summed E-state index contributed by atoms with van der Waals surface area (Å²) in [5, 5.41) is 11.0. The van der Waals surface area contributed by atoms with Crippen molar-refractivity contribution in [2.45, 2.75) is 32.1 Å². The first-order valence-electron chi connectivity index (χ1n) is 6.73. The number of nitrogens with zero attached hydrogens (tertiary/aromatic N) is 3. The van der Waals surface area contributed by atoms with E-state index in [-0.39, 0.29) is 5.56 Å². The first-order valence-corrected chi connectivity index (χ1v) is 7.55. The van der Waals surface area contributed by atoms with Crippen molar-refractivity contribution in [3.05, 3.63) is 27.0 Å². The fourth-order valence-corrected chi connectivity index (χ4v) is 4.04. The van der Waals surface area contributed by atoms with E-state index in [2.05, 4.69) is 25.4 Å². The molecule has 1 aliphatic rings. The van der Waals surface area contributed by atoms with Crippen LogP contribution in [0.5, 0.6) is 0 Å². The van der Waals surface area contributed by atoms with E-state index in [4.69, 9.17) is 0 Å². The summed E-state index contributed by atoms with van der Waals surface area (Å²) >= 11 is 1.65. The van der Waals surface area contributed by atoms with Gasteiger partial charge in [0.1, 0.15) is 10.5 Å². The molecule has 4 rings (SSSR count). The van der Waals surface area contributed by atoms with Crippen LogP contribution in [0.15, 0.2) is 11.0 Å². The maximum atomic E-state index is 12.4. The molecule has 1 aliphatic carbocycles. The molecular formula is C13H13N5OS. The lowest BCUT2D eigenvalue weighted by Crippen LogP contribution is -2.10. The van der Waals surface area contributed by atoms with Crippen LogP contribution in [0, 0.1) is 0 Å². The van der Waals surface area contributed by atoms with E-state index < -0.39 is 0 Å². The third-order valence-corrected chi connectivity index (χ3v) is 4.92. The molecule has 102 valence electrons. The van der Waals surface area contributed by atoms with Crippen molar-refractivity contribution in [1.29, 1.82) is 0 Å². The largest absolute Gasteiger partial charge is 0.304 e. The molecule has 0 spiro atoms. The third-order valence-electron chi connectivity index (χ3n) is 3.73. The molecule has 6 nitrogen and oxygen atoms in total. The molecule has 20 heavy (non-hydrogen) atoms. The lowest BCUT2D eigenvalue weighted by molar-refractivity contribution is 0.713. The molecule has 2 N–H and O–H groups in total. The summed E-state index contributed by atoms with van der Waals surface area (Å²) in [6.45, 7) is 0. The fourth-order valence-electron chi connectivity index (χ4n) is 2.78. The highest BCUT2D eigenvalue weighted by atomic mass is 32.1. The topological polar surface area (TPSA) is 87.3 Å². The van der Waals surface area contributed by atoms with Crippen LogP contribution < -0.4 is 5.56 Å². The maximum Gasteiger partial charge on any atom is 0.260 e. The minimum absolute atomic E-state index is 0.0626. The molecular weight excluding hydrogens is 274 g/mol. The van der Waals surface area contributed by atoms with Crippen LogP contribution in [0.4, 0.5) is 0 Å². The van der Waals surface area contributed by atoms with Gasteiger partial charge in [0, 0.05) is 4.88 Å². The van der Waals surface area contributed by atoms with Gasteiger partial charge >= 0.3 is 0 Å². The third kappa shape index (κ3) is 1.77. The minimum Gasteiger partial charge on any atom is -0.304 e. The van der Waals surface area contributed by atoms with Crippen molar-refractivity contribution in [3.63, 3.8) is 0 Å². The van der Waals surface area contributed by atoms with Crippen LogP contribution in [0.1, 0.15) is 29.7 Å². The van der Waals surface area contributed by atoms with Gasteiger partial charge in [0.2, 0.25) is 0 Å². The Morgan fingerprint density at radius 3 is 2.95 bits per heavy atom. The Labute approximate surface area is 118 Å². The molecule has 0 fully saturated rings. The van der Waals surface area contributed by atoms with Crippen LogP contribution in [0.2, 0.25) is 0 Å². The van der Waals surface area contributed by atoms with Crippen LogP contribution in [0.25, 0.3) is 21.7 Å². The monoisotopic (exact) mass is 287 g/mol. The quantitative estimate of drug-likeness (QED) is 0.670. The van der Waals surface area contributed by atoms with Crippen LogP contribution in [-0.4, -0.2) is 25.4 Å². The van der Waals surface area contributed by atoms with Crippen molar-refractivity contribution >= 4 is 21.6 Å². The summed E-state index contributed by atoms with van der Waals surface area (Å²) in [6.07, 6.45) is 7.21. The van der Waals surface area contributed by atoms with E-state index in [0.717, 1.165) is 29.5 Å². The molecule has 0 aromatic carbocycles. The normalized spacial score (nSPS) is 15.2. The predicted octanol–water partition coefficient (Wildman–Crippen LogP) is 2.04. The number of aryl methyl sites for hydroxylation is 2. The molecule has 0 amide bonds. The predicted molar refractivity (Wildman–Crippen MR) is 76.9 cm³/mol. The number of aromatic nitrogens is 5. The van der Waals surface area contributed by atoms with Gasteiger partial charge in [-0.1, -0.05) is 6.42 Å². The number of nitrogens with one attached hydrogen (secondary N) is 2. The van der Waals surface area contributed by atoms with E-state index in [9.17, 15) is 4.79 Å². The van der Waals surface area contributed by atoms with Crippen LogP contribution >= 0.6 is 11.3 Å². The summed E-state index contributed by atoms with van der Waals surface area (Å²) in [5.74, 6) is 0.479. The second-order valence-corrected chi connectivity index (χ2v) is 6.10. The first kappa shape index (κ1) is 11.8. The molecule has 0 saturated heterocycles. The lowest BCUT2D eigenvalue weighted by atomic mass is 10.1. The van der Waals surface area contributed by atoms with Gasteiger partial charge in [-0.05, 0) is 31.2 Å². The average Bonchev–Trinajstić information content (AvgIpc) is 3.02. The standard InChI is InChI=1S/C13H13N5OS/c19-12-10-7-4-2-1-3-5-9(7)20-13(10)16-11(15-12)8-6-14-18-17-8/h6H,1-5H2,(H,14,17,18)(H,15,16,19). The van der Waals surface area contributed by atoms with Gasteiger partial charge in [-0.2, -0.15) is 15.4 Å². The summed E-state index contributed by atoms with van der Waals surface area (Å²) < 4.78 is 0. The molecule has 0 saturated carbocycles. The zero-order valence-electron chi connectivity index (χ0n) is 10.8. The highest BCUT2D eigenvalue weighted by Gasteiger charge is 2.19. The Morgan fingerprint density at radius 2 is 2.10 bits per heavy atom. The number of hydrogen-bond acceptors (Lipinski definition) is 5. The van der Waals surface area contributed by atoms with Crippen LogP contribution in [0.3, 0.4) is 0 Å². The molecule has 0 aliphatic heterocycles. The average molecular weight is 287 g/mol. The Morgan fingerprint density at radius 1 is 1.20 bits per heavy atom. The molecule has 0 atom stereocenters. The van der Waals surface area contributed by atoms with E-state index in [1.165, 1.54) is 23.3 Å². The summed E-state index contributed by atoms with van der Waals surface area (Å²) in [7, 11) is 0. The molecule has 0 unspecified atom stereocenters. The number of H-pyrrole nitrogens is 2. The number of rotatable bonds is 1. The van der Waals surface area contributed by atoms with Gasteiger partial charge in [0.15, 0.2) is 5.82 Å². The molecule has 3 aromatic rings. The van der Waals surface area contributed by atoms with Gasteiger partial charge in [0.05, 0.1) is 11.6 Å². The molecule has 3 heterocycles. The van der Waals surface area contributed by atoms with Crippen molar-refractivity contribution < 1.29 is 0 Å². The first-order chi connectivity index (χ1) is 9.83. The van der Waals surface area contributed by atoms with Crippen molar-refractivity contribution in [3.8, 4) is 11.5 Å². The van der Waals surface area contributed by atoms with E-state index in [1.807, 2.05) is 0 Å². The highest BCUT2D eigenvalue weighted by Crippen LogP contribution is 2.33. The van der Waals surface area contributed by atoms with Crippen LogP contribution in [-0.2, 0) is 12.8 Å². The summed E-state index contributed by atoms with van der Waals surface area (Å²) in [4.78, 5) is 21.9. The van der Waals surface area contributed by atoms with E-state index in [1.54, 1.807) is 17.5 Å². The molecule has 7 heteroatoms. The summed E-state index contributed by atoms with van der Waals surface area (Å²) in [6, 6.07) is 0. The zero-order valence-corrected chi connectivity index (χ0v) is 11.6. The van der Waals surface area contributed by atoms with Crippen molar-refractivity contribution in [1.82, 2.24) is 25.4 Å². The van der Waals surface area contributed by atoms with E-state index >= 15 is 0 Å². The smallest absolute Gasteiger partial charge is 0.260 e. The lowest BCUT2D eigenvalue weighted by Gasteiger charge is -1.98. The van der Waals surface area contributed by atoms with Crippen molar-refractivity contribution in [2.24, 2.45) is 0 Å². The second kappa shape index (κ2) is 4.52. The Bertz CT molecular complexity index is 817. The van der Waals surface area contributed by atoms with E-state index in [0.29, 0.717) is 11.5 Å². The number of hydrogen-bond donors (Lipinski definition) is 2. The zero-order chi connectivity index (χ0) is 13.5. The van der Waals surface area contributed by atoms with Gasteiger partial charge in [-0.25, -0.2) is 4.98 Å². The Balaban J connectivity index is 1.96. The van der Waals surface area contributed by atoms with Gasteiger partial charge < -0.3 is 4.98 Å². The fraction of sp³-hybridized carbons (Fsp3) is 0.385. The van der Waals surface area contributed by atoms with Crippen molar-refractivity contribution in [2.75, 3.05) is 0 Å². The maximum absolute atomic E-state index is 12.4. The molecule has 0 radical (unpaired) electrons.